The fourth-order valence-electron chi connectivity index (χ4n) is 3.95. The number of benzene rings is 3. The summed E-state index contributed by atoms with van der Waals surface area (Å²) in [6.45, 7) is 0. The lowest BCUT2D eigenvalue weighted by atomic mass is 9.94. The summed E-state index contributed by atoms with van der Waals surface area (Å²) in [5.74, 6) is 0. The first-order valence-electron chi connectivity index (χ1n) is 9.93. The van der Waals surface area contributed by atoms with Crippen LogP contribution in [0.5, 0.6) is 0 Å². The lowest BCUT2D eigenvalue weighted by Gasteiger charge is -2.15. The van der Waals surface area contributed by atoms with Crippen LogP contribution in [0.3, 0.4) is 0 Å². The summed E-state index contributed by atoms with van der Waals surface area (Å²) >= 11 is 0. The van der Waals surface area contributed by atoms with Crippen molar-refractivity contribution in [3.05, 3.63) is 131 Å². The Hall–Kier alpha value is -4.85. The predicted octanol–water partition coefficient (Wildman–Crippen LogP) is 1.40. The lowest BCUT2D eigenvalue weighted by molar-refractivity contribution is -0.680. The van der Waals surface area contributed by atoms with Gasteiger partial charge in [-0.1, -0.05) is 12.1 Å². The Kier molecular flexibility index (Phi) is 7.29. The molecule has 0 aliphatic rings. The number of fused-ring (bicyclic) bond motifs is 1. The molecule has 0 saturated carbocycles. The molecular weight excluding hydrogens is 542 g/mol. The number of hydrogen-bond acceptors (Lipinski definition) is 8. The van der Waals surface area contributed by atoms with Gasteiger partial charge in [-0.3, -0.25) is 40.5 Å². The van der Waals surface area contributed by atoms with E-state index in [1.54, 1.807) is 47.2 Å². The Morgan fingerprint density at radius 2 is 1.08 bits per heavy atom. The summed E-state index contributed by atoms with van der Waals surface area (Å²) in [5, 5.41) is 47.1. The van der Waals surface area contributed by atoms with Gasteiger partial charge < -0.3 is 17.0 Å². The minimum Gasteiger partial charge on any atom is -1.00 e. The highest BCUT2D eigenvalue weighted by molar-refractivity contribution is 5.75. The van der Waals surface area contributed by atoms with Crippen LogP contribution in [0.4, 0.5) is 22.7 Å². The van der Waals surface area contributed by atoms with Crippen molar-refractivity contribution in [1.29, 1.82) is 0 Å². The highest BCUT2D eigenvalue weighted by Gasteiger charge is 2.38. The zero-order valence-corrected chi connectivity index (χ0v) is 19.5. The van der Waals surface area contributed by atoms with Crippen molar-refractivity contribution in [3.8, 4) is 0 Å². The molecule has 36 heavy (non-hydrogen) atoms. The summed E-state index contributed by atoms with van der Waals surface area (Å²) in [4.78, 5) is 43.2. The van der Waals surface area contributed by atoms with Gasteiger partial charge in [-0.25, -0.2) is 0 Å². The van der Waals surface area contributed by atoms with Gasteiger partial charge in [0, 0.05) is 29.7 Å². The first-order valence-corrected chi connectivity index (χ1v) is 9.93. The number of halogens is 1. The number of nitrogens with zero attached hydrogens (tertiary/aromatic N) is 5. The van der Waals surface area contributed by atoms with E-state index in [1.165, 1.54) is 12.1 Å². The van der Waals surface area contributed by atoms with Crippen LogP contribution in [0, 0.1) is 40.5 Å². The van der Waals surface area contributed by atoms with Gasteiger partial charge in [-0.05, 0) is 24.3 Å². The number of nitro groups is 4. The molecule has 4 aromatic rings. The minimum absolute atomic E-state index is 0. The smallest absolute Gasteiger partial charge is 0.286 e. The average molecular weight is 556 g/mol. The maximum Gasteiger partial charge on any atom is 0.286 e. The molecule has 4 rings (SSSR count). The lowest BCUT2D eigenvalue weighted by Crippen LogP contribution is -3.00. The van der Waals surface area contributed by atoms with Crippen LogP contribution in [-0.2, 0) is 0 Å². The van der Waals surface area contributed by atoms with Gasteiger partial charge in [-0.2, -0.15) is 4.57 Å². The quantitative estimate of drug-likeness (QED) is 0.186. The van der Waals surface area contributed by atoms with Crippen LogP contribution in [-0.4, -0.2) is 19.7 Å². The molecule has 0 unspecified atom stereocenters. The molecule has 0 bridgehead atoms. The number of aromatic nitrogens is 1. The van der Waals surface area contributed by atoms with Crippen molar-refractivity contribution in [2.75, 3.05) is 0 Å². The van der Waals surface area contributed by atoms with Gasteiger partial charge >= 0.3 is 0 Å². The molecule has 0 saturated heterocycles. The van der Waals surface area contributed by atoms with E-state index in [0.717, 1.165) is 24.3 Å². The van der Waals surface area contributed by atoms with Crippen molar-refractivity contribution in [2.24, 2.45) is 0 Å². The molecule has 0 fully saturated rings. The highest BCUT2D eigenvalue weighted by atomic mass is 79.9. The van der Waals surface area contributed by atoms with Gasteiger partial charge in [0.05, 0.1) is 31.8 Å². The standard InChI is InChI=1S/C22H14N5O8.BrH/c28-24(29)15-7-9-17(20(12-15)26(32)33)22(23-11-3-5-14-4-1-2-6-19(14)23)18-10-8-16(25(30)31)13-21(18)27(34)35;/h1-13,22H;1H/q+1;/p-1. The molecule has 0 amide bonds. The van der Waals surface area contributed by atoms with E-state index in [1.807, 2.05) is 0 Å². The number of pyridine rings is 1. The van der Waals surface area contributed by atoms with Crippen LogP contribution in [0.2, 0.25) is 0 Å². The van der Waals surface area contributed by atoms with Crippen molar-refractivity contribution in [1.82, 2.24) is 0 Å². The summed E-state index contributed by atoms with van der Waals surface area (Å²) < 4.78 is 1.55. The third kappa shape index (κ3) is 4.69. The van der Waals surface area contributed by atoms with Gasteiger partial charge in [-0.15, -0.1) is 0 Å². The van der Waals surface area contributed by atoms with E-state index in [2.05, 4.69) is 0 Å². The molecular formula is C22H14BrN5O8. The SMILES string of the molecule is O=[N+]([O-])c1ccc(C(c2ccc([N+](=O)[O-])cc2[N+](=O)[O-])[n+]2cccc3ccccc32)c([N+](=O)[O-])c1.[Br-]. The molecule has 1 aromatic heterocycles. The summed E-state index contributed by atoms with van der Waals surface area (Å²) in [6, 6.07) is 15.2. The van der Waals surface area contributed by atoms with Crippen molar-refractivity contribution >= 4 is 33.7 Å². The van der Waals surface area contributed by atoms with Crippen molar-refractivity contribution < 1.29 is 41.2 Å². The van der Waals surface area contributed by atoms with Crippen molar-refractivity contribution in [3.63, 3.8) is 0 Å². The molecule has 0 spiro atoms. The Labute approximate surface area is 211 Å². The summed E-state index contributed by atoms with van der Waals surface area (Å²) in [7, 11) is 0. The zero-order chi connectivity index (χ0) is 25.3. The maximum absolute atomic E-state index is 11.9. The van der Waals surface area contributed by atoms with Crippen molar-refractivity contribution in [2.45, 2.75) is 6.04 Å². The zero-order valence-electron chi connectivity index (χ0n) is 18.0. The first kappa shape index (κ1) is 25.8. The van der Waals surface area contributed by atoms with E-state index < -0.39 is 48.5 Å². The summed E-state index contributed by atoms with van der Waals surface area (Å²) in [5.41, 5.74) is -1.90. The number of rotatable bonds is 7. The van der Waals surface area contributed by atoms with Crippen LogP contribution < -0.4 is 21.5 Å². The third-order valence-electron chi connectivity index (χ3n) is 5.45. The van der Waals surface area contributed by atoms with E-state index in [4.69, 9.17) is 0 Å². The predicted molar refractivity (Wildman–Crippen MR) is 121 cm³/mol. The topological polar surface area (TPSA) is 176 Å². The Balaban J connectivity index is 0.00000361. The first-order chi connectivity index (χ1) is 16.7. The number of nitro benzene ring substituents is 4. The summed E-state index contributed by atoms with van der Waals surface area (Å²) in [6.07, 6.45) is 1.56. The molecule has 14 heteroatoms. The second-order valence-corrected chi connectivity index (χ2v) is 7.39. The van der Waals surface area contributed by atoms with Gasteiger partial charge in [0.1, 0.15) is 11.1 Å². The Bertz CT molecular complexity index is 1460. The average Bonchev–Trinajstić information content (AvgIpc) is 2.84. The van der Waals surface area contributed by atoms with Gasteiger partial charge in [0.2, 0.25) is 11.6 Å². The van der Waals surface area contributed by atoms with Gasteiger partial charge in [0.15, 0.2) is 6.20 Å². The van der Waals surface area contributed by atoms with E-state index in [9.17, 15) is 40.5 Å². The second-order valence-electron chi connectivity index (χ2n) is 7.39. The highest BCUT2D eigenvalue weighted by Crippen LogP contribution is 2.38. The molecule has 0 radical (unpaired) electrons. The largest absolute Gasteiger partial charge is 1.00 e. The molecule has 3 aromatic carbocycles. The maximum atomic E-state index is 11.9. The fraction of sp³-hybridized carbons (Fsp3) is 0.0455. The molecule has 0 atom stereocenters. The van der Waals surface area contributed by atoms with E-state index in [-0.39, 0.29) is 28.1 Å². The number of non-ortho nitro benzene ring substituents is 2. The van der Waals surface area contributed by atoms with Crippen LogP contribution in [0.15, 0.2) is 79.0 Å². The van der Waals surface area contributed by atoms with E-state index in [0.29, 0.717) is 10.9 Å². The minimum atomic E-state index is -1.22. The molecule has 0 aliphatic carbocycles. The Morgan fingerprint density at radius 3 is 1.56 bits per heavy atom. The third-order valence-corrected chi connectivity index (χ3v) is 5.45. The molecule has 0 aliphatic heterocycles. The molecule has 1 heterocycles. The molecule has 0 N–H and O–H groups in total. The molecule has 182 valence electrons. The molecule has 13 nitrogen and oxygen atoms in total. The van der Waals surface area contributed by atoms with Crippen LogP contribution in [0.1, 0.15) is 17.2 Å². The number of para-hydroxylation sites is 1. The van der Waals surface area contributed by atoms with Gasteiger partial charge in [0.25, 0.3) is 22.7 Å². The van der Waals surface area contributed by atoms with E-state index >= 15 is 0 Å². The second kappa shape index (κ2) is 10.2. The normalized spacial score (nSPS) is 10.6. The Morgan fingerprint density at radius 1 is 0.611 bits per heavy atom. The fourth-order valence-corrected chi connectivity index (χ4v) is 3.95. The number of hydrogen-bond donors (Lipinski definition) is 0. The van der Waals surface area contributed by atoms with Crippen LogP contribution >= 0.6 is 0 Å². The monoisotopic (exact) mass is 555 g/mol. The van der Waals surface area contributed by atoms with Crippen LogP contribution in [0.25, 0.3) is 10.9 Å².